The molecule has 0 spiro atoms. The van der Waals surface area contributed by atoms with E-state index in [2.05, 4.69) is 4.90 Å². The van der Waals surface area contributed by atoms with Gasteiger partial charge < -0.3 is 4.90 Å². The van der Waals surface area contributed by atoms with Gasteiger partial charge in [0.25, 0.3) is 0 Å². The molecule has 4 nitrogen and oxygen atoms in total. The van der Waals surface area contributed by atoms with Crippen molar-refractivity contribution in [2.75, 3.05) is 32.7 Å². The second-order valence-corrected chi connectivity index (χ2v) is 5.52. The number of nitrogens with zero attached hydrogens (tertiary/aromatic N) is 2. The molecule has 1 amide bonds. The summed E-state index contributed by atoms with van der Waals surface area (Å²) in [6, 6.07) is 0. The van der Waals surface area contributed by atoms with Crippen LogP contribution in [0, 0.1) is 5.41 Å². The molecule has 0 unspecified atom stereocenters. The number of carbonyl (C=O) groups is 2. The fraction of sp³-hybridized carbons (Fsp3) is 0.833. The first-order valence-electron chi connectivity index (χ1n) is 5.82. The number of carbonyl (C=O) groups excluding carboxylic acids is 2. The van der Waals surface area contributed by atoms with Crippen LogP contribution >= 0.6 is 0 Å². The third kappa shape index (κ3) is 3.59. The maximum absolute atomic E-state index is 12.0. The Bertz CT molecular complexity index is 273. The van der Waals surface area contributed by atoms with Gasteiger partial charge in [-0.2, -0.15) is 0 Å². The minimum atomic E-state index is -0.303. The van der Waals surface area contributed by atoms with Gasteiger partial charge in [-0.05, 0) is 6.92 Å². The molecule has 0 atom stereocenters. The highest BCUT2D eigenvalue weighted by atomic mass is 16.2. The van der Waals surface area contributed by atoms with Crippen molar-refractivity contribution in [3.05, 3.63) is 0 Å². The molecular weight excluding hydrogens is 204 g/mol. The summed E-state index contributed by atoms with van der Waals surface area (Å²) < 4.78 is 0. The lowest BCUT2D eigenvalue weighted by Gasteiger charge is -2.37. The van der Waals surface area contributed by atoms with Gasteiger partial charge in [0, 0.05) is 31.6 Å². The molecule has 0 aliphatic carbocycles. The van der Waals surface area contributed by atoms with Crippen LogP contribution in [0.5, 0.6) is 0 Å². The molecule has 4 heteroatoms. The van der Waals surface area contributed by atoms with Gasteiger partial charge in [-0.1, -0.05) is 20.8 Å². The number of amides is 1. The van der Waals surface area contributed by atoms with Crippen LogP contribution in [0.25, 0.3) is 0 Å². The van der Waals surface area contributed by atoms with Crippen LogP contribution in [0.1, 0.15) is 27.7 Å². The summed E-state index contributed by atoms with van der Waals surface area (Å²) in [5.41, 5.74) is -0.303. The largest absolute Gasteiger partial charge is 0.340 e. The van der Waals surface area contributed by atoms with Crippen LogP contribution in [0.3, 0.4) is 0 Å². The van der Waals surface area contributed by atoms with E-state index in [1.807, 2.05) is 25.7 Å². The van der Waals surface area contributed by atoms with E-state index >= 15 is 0 Å². The van der Waals surface area contributed by atoms with Crippen LogP contribution in [-0.2, 0) is 9.59 Å². The van der Waals surface area contributed by atoms with Crippen molar-refractivity contribution in [3.8, 4) is 0 Å². The molecule has 16 heavy (non-hydrogen) atoms. The highest BCUT2D eigenvalue weighted by Crippen LogP contribution is 2.18. The van der Waals surface area contributed by atoms with E-state index in [0.717, 1.165) is 26.2 Å². The van der Waals surface area contributed by atoms with Crippen molar-refractivity contribution in [3.63, 3.8) is 0 Å². The van der Waals surface area contributed by atoms with Crippen molar-refractivity contribution < 1.29 is 9.59 Å². The standard InChI is InChI=1S/C12H22N2O2/c1-10(15)9-13-5-7-14(8-6-13)11(16)12(2,3)4/h5-9H2,1-4H3. The van der Waals surface area contributed by atoms with Gasteiger partial charge in [-0.15, -0.1) is 0 Å². The van der Waals surface area contributed by atoms with E-state index < -0.39 is 0 Å². The number of rotatable bonds is 2. The first kappa shape index (κ1) is 13.2. The second-order valence-electron chi connectivity index (χ2n) is 5.52. The molecule has 0 radical (unpaired) electrons. The lowest BCUT2D eigenvalue weighted by atomic mass is 9.94. The average Bonchev–Trinajstić information content (AvgIpc) is 2.15. The van der Waals surface area contributed by atoms with Crippen LogP contribution < -0.4 is 0 Å². The zero-order valence-corrected chi connectivity index (χ0v) is 10.7. The molecule has 92 valence electrons. The van der Waals surface area contributed by atoms with Crippen LogP contribution in [0.2, 0.25) is 0 Å². The molecule has 0 aromatic rings. The minimum absolute atomic E-state index is 0.190. The quantitative estimate of drug-likeness (QED) is 0.698. The van der Waals surface area contributed by atoms with E-state index in [-0.39, 0.29) is 17.1 Å². The van der Waals surface area contributed by atoms with Gasteiger partial charge in [-0.25, -0.2) is 0 Å². The Hall–Kier alpha value is -0.900. The fourth-order valence-corrected chi connectivity index (χ4v) is 1.90. The molecule has 0 bridgehead atoms. The van der Waals surface area contributed by atoms with Crippen LogP contribution in [-0.4, -0.2) is 54.2 Å². The maximum atomic E-state index is 12.0. The van der Waals surface area contributed by atoms with Crippen molar-refractivity contribution in [1.82, 2.24) is 9.80 Å². The first-order valence-corrected chi connectivity index (χ1v) is 5.82. The Morgan fingerprint density at radius 1 is 1.06 bits per heavy atom. The summed E-state index contributed by atoms with van der Waals surface area (Å²) in [4.78, 5) is 27.0. The molecule has 1 rings (SSSR count). The van der Waals surface area contributed by atoms with Crippen molar-refractivity contribution >= 4 is 11.7 Å². The van der Waals surface area contributed by atoms with Crippen molar-refractivity contribution in [1.29, 1.82) is 0 Å². The molecule has 0 saturated carbocycles. The highest BCUT2D eigenvalue weighted by Gasteiger charge is 2.29. The van der Waals surface area contributed by atoms with E-state index in [1.54, 1.807) is 6.92 Å². The van der Waals surface area contributed by atoms with Gasteiger partial charge >= 0.3 is 0 Å². The third-order valence-corrected chi connectivity index (χ3v) is 2.75. The van der Waals surface area contributed by atoms with Gasteiger partial charge in [0.15, 0.2) is 0 Å². The molecule has 1 aliphatic rings. The predicted molar refractivity (Wildman–Crippen MR) is 63.2 cm³/mol. The van der Waals surface area contributed by atoms with Gasteiger partial charge in [0.1, 0.15) is 5.78 Å². The van der Waals surface area contributed by atoms with Crippen LogP contribution in [0.4, 0.5) is 0 Å². The smallest absolute Gasteiger partial charge is 0.228 e. The number of piperazine rings is 1. The fourth-order valence-electron chi connectivity index (χ4n) is 1.90. The van der Waals surface area contributed by atoms with Crippen molar-refractivity contribution in [2.24, 2.45) is 5.41 Å². The molecule has 1 saturated heterocycles. The van der Waals surface area contributed by atoms with E-state index in [1.165, 1.54) is 0 Å². The van der Waals surface area contributed by atoms with E-state index in [9.17, 15) is 9.59 Å². The first-order chi connectivity index (χ1) is 7.30. The van der Waals surface area contributed by atoms with E-state index in [4.69, 9.17) is 0 Å². The molecule has 1 heterocycles. The normalized spacial score (nSPS) is 18.6. The zero-order valence-electron chi connectivity index (χ0n) is 10.7. The zero-order chi connectivity index (χ0) is 12.3. The average molecular weight is 226 g/mol. The third-order valence-electron chi connectivity index (χ3n) is 2.75. The van der Waals surface area contributed by atoms with Gasteiger partial charge in [-0.3, -0.25) is 14.5 Å². The summed E-state index contributed by atoms with van der Waals surface area (Å²) in [6.45, 7) is 11.0. The molecular formula is C12H22N2O2. The minimum Gasteiger partial charge on any atom is -0.340 e. The topological polar surface area (TPSA) is 40.6 Å². The number of hydrogen-bond acceptors (Lipinski definition) is 3. The Kier molecular flexibility index (Phi) is 4.08. The van der Waals surface area contributed by atoms with Gasteiger partial charge in [0.2, 0.25) is 5.91 Å². The van der Waals surface area contributed by atoms with Crippen molar-refractivity contribution in [2.45, 2.75) is 27.7 Å². The molecule has 1 aliphatic heterocycles. The van der Waals surface area contributed by atoms with Crippen LogP contribution in [0.15, 0.2) is 0 Å². The number of Topliss-reactive ketones (excluding diaryl/α,β-unsaturated/α-hetero) is 1. The summed E-state index contributed by atoms with van der Waals surface area (Å²) in [6.07, 6.45) is 0. The second kappa shape index (κ2) is 4.95. The lowest BCUT2D eigenvalue weighted by molar-refractivity contribution is -0.141. The van der Waals surface area contributed by atoms with E-state index in [0.29, 0.717) is 6.54 Å². The molecule has 0 N–H and O–H groups in total. The predicted octanol–water partition coefficient (Wildman–Crippen LogP) is 0.766. The Labute approximate surface area is 97.6 Å². The Morgan fingerprint density at radius 2 is 1.56 bits per heavy atom. The molecule has 0 aromatic heterocycles. The number of hydrogen-bond donors (Lipinski definition) is 0. The highest BCUT2D eigenvalue weighted by molar-refractivity contribution is 5.81. The summed E-state index contributed by atoms with van der Waals surface area (Å²) in [5.74, 6) is 0.394. The summed E-state index contributed by atoms with van der Waals surface area (Å²) in [7, 11) is 0. The van der Waals surface area contributed by atoms with Gasteiger partial charge in [0.05, 0.1) is 6.54 Å². The monoisotopic (exact) mass is 226 g/mol. The lowest BCUT2D eigenvalue weighted by Crippen LogP contribution is -2.52. The number of ketones is 1. The maximum Gasteiger partial charge on any atom is 0.228 e. The molecule has 0 aromatic carbocycles. The Balaban J connectivity index is 2.43. The summed E-state index contributed by atoms with van der Waals surface area (Å²) >= 11 is 0. The SMILES string of the molecule is CC(=O)CN1CCN(C(=O)C(C)(C)C)CC1. The molecule has 1 fully saturated rings. The Morgan fingerprint density at radius 3 is 1.94 bits per heavy atom. The summed E-state index contributed by atoms with van der Waals surface area (Å²) in [5, 5.41) is 0.